The number of rotatable bonds is 6. The largest absolute Gasteiger partial charge is 0.550 e. The molecule has 142 valence electrons. The summed E-state index contributed by atoms with van der Waals surface area (Å²) in [6.07, 6.45) is 1.65. The van der Waals surface area contributed by atoms with E-state index in [0.717, 1.165) is 16.5 Å². The molecule has 1 aromatic carbocycles. The van der Waals surface area contributed by atoms with Crippen molar-refractivity contribution in [2.24, 2.45) is 0 Å². The fraction of sp³-hybridized carbons (Fsp3) is 0.350. The zero-order valence-electron chi connectivity index (χ0n) is 15.4. The van der Waals surface area contributed by atoms with Crippen molar-refractivity contribution in [2.45, 2.75) is 40.0 Å². The molecule has 0 aliphatic carbocycles. The molecule has 0 saturated carbocycles. The number of aliphatic carboxylic acids is 1. The van der Waals surface area contributed by atoms with E-state index in [1.165, 1.54) is 0 Å². The van der Waals surface area contributed by atoms with E-state index < -0.39 is 11.6 Å². The molecule has 0 atom stereocenters. The average Bonchev–Trinajstić information content (AvgIpc) is 2.97. The molecule has 0 unspecified atom stereocenters. The fourth-order valence-corrected chi connectivity index (χ4v) is 3.36. The maximum Gasteiger partial charge on any atom is 0.340 e. The van der Waals surface area contributed by atoms with Gasteiger partial charge in [-0.25, -0.2) is 4.79 Å². The molecular weight excluding hydrogens is 350 g/mol. The van der Waals surface area contributed by atoms with Crippen molar-refractivity contribution in [3.05, 3.63) is 45.0 Å². The van der Waals surface area contributed by atoms with E-state index in [0.29, 0.717) is 22.1 Å². The van der Waals surface area contributed by atoms with Crippen LogP contribution in [-0.2, 0) is 16.0 Å². The van der Waals surface area contributed by atoms with Gasteiger partial charge in [-0.1, -0.05) is 0 Å². The van der Waals surface area contributed by atoms with Crippen LogP contribution in [0.4, 0.5) is 0 Å². The van der Waals surface area contributed by atoms with Gasteiger partial charge in [0.15, 0.2) is 0 Å². The van der Waals surface area contributed by atoms with Crippen LogP contribution in [0.5, 0.6) is 0 Å². The number of furan rings is 1. The highest BCUT2D eigenvalue weighted by Gasteiger charge is 2.19. The first kappa shape index (κ1) is 18.7. The lowest BCUT2D eigenvalue weighted by molar-refractivity contribution is -0.305. The van der Waals surface area contributed by atoms with Crippen LogP contribution >= 0.6 is 0 Å². The van der Waals surface area contributed by atoms with Crippen molar-refractivity contribution in [1.29, 1.82) is 0 Å². The number of carbonyl (C=O) groups is 2. The van der Waals surface area contributed by atoms with Crippen molar-refractivity contribution in [2.75, 3.05) is 6.54 Å². The molecule has 2 heterocycles. The van der Waals surface area contributed by atoms with Gasteiger partial charge in [0, 0.05) is 17.9 Å². The Kier molecular flexibility index (Phi) is 5.03. The van der Waals surface area contributed by atoms with Crippen LogP contribution < -0.4 is 16.0 Å². The Morgan fingerprint density at radius 1 is 1.15 bits per heavy atom. The summed E-state index contributed by atoms with van der Waals surface area (Å²) < 4.78 is 11.1. The molecular formula is C20H20NO6-. The van der Waals surface area contributed by atoms with Crippen LogP contribution in [0.1, 0.15) is 35.1 Å². The Morgan fingerprint density at radius 2 is 1.89 bits per heavy atom. The Bertz CT molecular complexity index is 1110. The molecule has 3 rings (SSSR count). The number of nitrogens with one attached hydrogen (secondary N) is 1. The van der Waals surface area contributed by atoms with Gasteiger partial charge in [-0.05, 0) is 56.4 Å². The number of carboxylic acids is 1. The van der Waals surface area contributed by atoms with E-state index in [9.17, 15) is 19.5 Å². The second kappa shape index (κ2) is 7.26. The fourth-order valence-electron chi connectivity index (χ4n) is 3.36. The van der Waals surface area contributed by atoms with Gasteiger partial charge in [-0.2, -0.15) is 0 Å². The molecule has 0 aliphatic rings. The summed E-state index contributed by atoms with van der Waals surface area (Å²) in [5.74, 6) is -1.54. The highest BCUT2D eigenvalue weighted by Crippen LogP contribution is 2.34. The summed E-state index contributed by atoms with van der Waals surface area (Å²) in [5, 5.41) is 14.7. The number of aryl methyl sites for hydroxylation is 3. The second-order valence-electron chi connectivity index (χ2n) is 6.68. The molecule has 3 aromatic rings. The maximum absolute atomic E-state index is 12.4. The standard InChI is InChI=1S/C20H21NO6/c1-10-7-14-18(19-17(10)11(2)9-26-19)12(3)13(20(25)27-14)8-15(22)21-6-4-5-16(23)24/h7,9H,4-6,8H2,1-3H3,(H,21,22)(H,23,24)/p-1. The summed E-state index contributed by atoms with van der Waals surface area (Å²) in [4.78, 5) is 34.9. The summed E-state index contributed by atoms with van der Waals surface area (Å²) in [7, 11) is 0. The van der Waals surface area contributed by atoms with Gasteiger partial charge in [-0.3, -0.25) is 4.79 Å². The summed E-state index contributed by atoms with van der Waals surface area (Å²) in [6, 6.07) is 1.80. The Labute approximate surface area is 155 Å². The van der Waals surface area contributed by atoms with Crippen LogP contribution in [0.3, 0.4) is 0 Å². The van der Waals surface area contributed by atoms with Crippen LogP contribution in [0.25, 0.3) is 21.9 Å². The maximum atomic E-state index is 12.4. The minimum Gasteiger partial charge on any atom is -0.550 e. The lowest BCUT2D eigenvalue weighted by atomic mass is 9.99. The number of benzene rings is 1. The third-order valence-electron chi connectivity index (χ3n) is 4.68. The predicted molar refractivity (Wildman–Crippen MR) is 97.4 cm³/mol. The van der Waals surface area contributed by atoms with E-state index in [1.807, 2.05) is 13.8 Å². The molecule has 0 saturated heterocycles. The third kappa shape index (κ3) is 3.58. The van der Waals surface area contributed by atoms with Crippen LogP contribution in [-0.4, -0.2) is 18.4 Å². The molecule has 0 aliphatic heterocycles. The first-order valence-electron chi connectivity index (χ1n) is 8.69. The van der Waals surface area contributed by atoms with Gasteiger partial charge in [0.25, 0.3) is 0 Å². The SMILES string of the molecule is Cc1coc2c1c(C)cc1oc(=O)c(CC(=O)NCCCC(=O)[O-])c(C)c12. The quantitative estimate of drug-likeness (QED) is 0.521. The highest BCUT2D eigenvalue weighted by atomic mass is 16.4. The molecule has 27 heavy (non-hydrogen) atoms. The van der Waals surface area contributed by atoms with Gasteiger partial charge in [0.2, 0.25) is 5.91 Å². The number of hydrogen-bond acceptors (Lipinski definition) is 6. The molecule has 7 heteroatoms. The minimum absolute atomic E-state index is 0.132. The number of carboxylic acid groups (broad SMARTS) is 1. The smallest absolute Gasteiger partial charge is 0.340 e. The van der Waals surface area contributed by atoms with E-state index >= 15 is 0 Å². The average molecular weight is 370 g/mol. The van der Waals surface area contributed by atoms with Gasteiger partial charge in [0.1, 0.15) is 11.2 Å². The highest BCUT2D eigenvalue weighted by molar-refractivity contribution is 6.07. The topological polar surface area (TPSA) is 113 Å². The lowest BCUT2D eigenvalue weighted by Crippen LogP contribution is -2.30. The summed E-state index contributed by atoms with van der Waals surface area (Å²) in [6.45, 7) is 5.84. The Morgan fingerprint density at radius 3 is 2.59 bits per heavy atom. The number of amides is 1. The number of hydrogen-bond donors (Lipinski definition) is 1. The minimum atomic E-state index is -1.16. The molecule has 2 aromatic heterocycles. The van der Waals surface area contributed by atoms with E-state index in [-0.39, 0.29) is 37.3 Å². The zero-order chi connectivity index (χ0) is 19.7. The zero-order valence-corrected chi connectivity index (χ0v) is 15.4. The molecule has 0 spiro atoms. The van der Waals surface area contributed by atoms with Crippen molar-refractivity contribution >= 4 is 33.8 Å². The van der Waals surface area contributed by atoms with Crippen LogP contribution in [0, 0.1) is 20.8 Å². The van der Waals surface area contributed by atoms with E-state index in [1.54, 1.807) is 19.3 Å². The second-order valence-corrected chi connectivity index (χ2v) is 6.68. The van der Waals surface area contributed by atoms with Crippen molar-refractivity contribution in [1.82, 2.24) is 5.32 Å². The van der Waals surface area contributed by atoms with Gasteiger partial charge >= 0.3 is 5.63 Å². The summed E-state index contributed by atoms with van der Waals surface area (Å²) >= 11 is 0. The van der Waals surface area contributed by atoms with Crippen molar-refractivity contribution in [3.63, 3.8) is 0 Å². The molecule has 0 bridgehead atoms. The van der Waals surface area contributed by atoms with Gasteiger partial charge < -0.3 is 24.1 Å². The van der Waals surface area contributed by atoms with E-state index in [4.69, 9.17) is 8.83 Å². The Balaban J connectivity index is 1.96. The predicted octanol–water partition coefficient (Wildman–Crippen LogP) is 1.65. The molecule has 7 nitrogen and oxygen atoms in total. The Hall–Kier alpha value is -3.09. The number of carbonyl (C=O) groups excluding carboxylic acids is 2. The molecule has 1 amide bonds. The summed E-state index contributed by atoms with van der Waals surface area (Å²) in [5.41, 5.74) is 3.35. The first-order valence-corrected chi connectivity index (χ1v) is 8.69. The van der Waals surface area contributed by atoms with Crippen molar-refractivity contribution in [3.8, 4) is 0 Å². The molecule has 1 N–H and O–H groups in total. The van der Waals surface area contributed by atoms with Crippen molar-refractivity contribution < 1.29 is 23.5 Å². The van der Waals surface area contributed by atoms with Gasteiger partial charge in [0.05, 0.1) is 23.6 Å². The van der Waals surface area contributed by atoms with Crippen LogP contribution in [0.15, 0.2) is 26.0 Å². The number of fused-ring (bicyclic) bond motifs is 3. The first-order chi connectivity index (χ1) is 12.8. The van der Waals surface area contributed by atoms with E-state index in [2.05, 4.69) is 5.32 Å². The monoisotopic (exact) mass is 370 g/mol. The lowest BCUT2D eigenvalue weighted by Gasteiger charge is -2.10. The normalized spacial score (nSPS) is 11.2. The third-order valence-corrected chi connectivity index (χ3v) is 4.68. The van der Waals surface area contributed by atoms with Gasteiger partial charge in [-0.15, -0.1) is 0 Å². The molecule has 0 radical (unpaired) electrons. The molecule has 0 fully saturated rings. The van der Waals surface area contributed by atoms with Crippen LogP contribution in [0.2, 0.25) is 0 Å².